The lowest BCUT2D eigenvalue weighted by Crippen LogP contribution is -2.07. The molecule has 0 aliphatic heterocycles. The van der Waals surface area contributed by atoms with Gasteiger partial charge in [0, 0.05) is 7.05 Å². The molecule has 0 aromatic carbocycles. The molecule has 0 atom stereocenters. The molecule has 0 amide bonds. The summed E-state index contributed by atoms with van der Waals surface area (Å²) < 4.78 is 0. The van der Waals surface area contributed by atoms with Crippen LogP contribution in [0.25, 0.3) is 0 Å². The molecule has 2 N–H and O–H groups in total. The van der Waals surface area contributed by atoms with Crippen molar-refractivity contribution in [1.82, 2.24) is 4.98 Å². The maximum Gasteiger partial charge on any atom is 0.339 e. The van der Waals surface area contributed by atoms with Gasteiger partial charge in [0.15, 0.2) is 0 Å². The predicted octanol–water partition coefficient (Wildman–Crippen LogP) is 1.78. The number of aryl methyl sites for hydroxylation is 1. The van der Waals surface area contributed by atoms with Gasteiger partial charge in [0.1, 0.15) is 10.7 Å². The second-order valence-corrected chi connectivity index (χ2v) is 2.90. The number of pyridine rings is 1. The molecule has 1 rings (SSSR count). The Hall–Kier alpha value is -1.29. The number of aromatic nitrogens is 1. The zero-order valence-corrected chi connectivity index (χ0v) is 8.01. The van der Waals surface area contributed by atoms with Gasteiger partial charge in [0.2, 0.25) is 0 Å². The van der Waals surface area contributed by atoms with Crippen molar-refractivity contribution in [1.29, 1.82) is 0 Å². The van der Waals surface area contributed by atoms with Crippen molar-refractivity contribution < 1.29 is 9.90 Å². The van der Waals surface area contributed by atoms with E-state index in [1.807, 2.05) is 0 Å². The number of anilines is 1. The van der Waals surface area contributed by atoms with E-state index in [1.54, 1.807) is 14.0 Å². The third-order valence-corrected chi connectivity index (χ3v) is 1.85. The molecule has 0 saturated carbocycles. The van der Waals surface area contributed by atoms with Crippen LogP contribution in [0.15, 0.2) is 6.07 Å². The number of carboxylic acids is 1. The van der Waals surface area contributed by atoms with E-state index < -0.39 is 5.97 Å². The molecule has 5 heteroatoms. The third-order valence-electron chi connectivity index (χ3n) is 1.65. The Morgan fingerprint density at radius 2 is 2.31 bits per heavy atom. The van der Waals surface area contributed by atoms with Gasteiger partial charge in [-0.15, -0.1) is 0 Å². The second-order valence-electron chi connectivity index (χ2n) is 2.51. The number of carbonyl (C=O) groups is 1. The first-order chi connectivity index (χ1) is 6.06. The van der Waals surface area contributed by atoms with Crippen LogP contribution in [0.3, 0.4) is 0 Å². The second kappa shape index (κ2) is 3.62. The predicted molar refractivity (Wildman–Crippen MR) is 50.5 cm³/mol. The van der Waals surface area contributed by atoms with E-state index in [4.69, 9.17) is 16.7 Å². The fourth-order valence-electron chi connectivity index (χ4n) is 1.10. The van der Waals surface area contributed by atoms with Crippen molar-refractivity contribution in [3.63, 3.8) is 0 Å². The SMILES string of the molecule is CNc1cc(Cl)nc(C)c1C(=O)O. The van der Waals surface area contributed by atoms with E-state index in [0.29, 0.717) is 11.4 Å². The lowest BCUT2D eigenvalue weighted by atomic mass is 10.1. The Bertz CT molecular complexity index is 352. The topological polar surface area (TPSA) is 62.2 Å². The summed E-state index contributed by atoms with van der Waals surface area (Å²) in [6, 6.07) is 1.48. The average molecular weight is 201 g/mol. The Kier molecular flexibility index (Phi) is 2.72. The monoisotopic (exact) mass is 200 g/mol. The number of carboxylic acid groups (broad SMARTS) is 1. The van der Waals surface area contributed by atoms with Crippen molar-refractivity contribution in [2.75, 3.05) is 12.4 Å². The summed E-state index contributed by atoms with van der Waals surface area (Å²) >= 11 is 5.66. The maximum absolute atomic E-state index is 10.8. The van der Waals surface area contributed by atoms with Crippen LogP contribution in [0, 0.1) is 6.92 Å². The number of nitrogens with zero attached hydrogens (tertiary/aromatic N) is 1. The van der Waals surface area contributed by atoms with Crippen LogP contribution >= 0.6 is 11.6 Å². The summed E-state index contributed by atoms with van der Waals surface area (Å²) in [7, 11) is 1.64. The van der Waals surface area contributed by atoms with Crippen molar-refractivity contribution in [3.8, 4) is 0 Å². The number of aromatic carboxylic acids is 1. The fourth-order valence-corrected chi connectivity index (χ4v) is 1.34. The lowest BCUT2D eigenvalue weighted by Gasteiger charge is -2.07. The summed E-state index contributed by atoms with van der Waals surface area (Å²) in [5.74, 6) is -1.01. The first-order valence-corrected chi connectivity index (χ1v) is 4.02. The molecule has 1 aromatic rings. The van der Waals surface area contributed by atoms with Crippen molar-refractivity contribution >= 4 is 23.3 Å². The Balaban J connectivity index is 3.38. The van der Waals surface area contributed by atoms with Crippen LogP contribution in [0.2, 0.25) is 5.15 Å². The van der Waals surface area contributed by atoms with Gasteiger partial charge in [-0.2, -0.15) is 0 Å². The lowest BCUT2D eigenvalue weighted by molar-refractivity contribution is 0.0696. The first-order valence-electron chi connectivity index (χ1n) is 3.64. The number of halogens is 1. The highest BCUT2D eigenvalue weighted by atomic mass is 35.5. The van der Waals surface area contributed by atoms with Crippen LogP contribution in [-0.4, -0.2) is 23.1 Å². The molecule has 0 aliphatic carbocycles. The molecule has 0 bridgehead atoms. The highest BCUT2D eigenvalue weighted by molar-refractivity contribution is 6.29. The molecule has 1 aromatic heterocycles. The van der Waals surface area contributed by atoms with Gasteiger partial charge in [0.25, 0.3) is 0 Å². The van der Waals surface area contributed by atoms with E-state index in [1.165, 1.54) is 6.07 Å². The van der Waals surface area contributed by atoms with Crippen LogP contribution in [0.5, 0.6) is 0 Å². The highest BCUT2D eigenvalue weighted by Gasteiger charge is 2.14. The molecule has 13 heavy (non-hydrogen) atoms. The molecule has 0 fully saturated rings. The first kappa shape index (κ1) is 9.80. The Labute approximate surface area is 80.6 Å². The molecule has 0 radical (unpaired) electrons. The van der Waals surface area contributed by atoms with E-state index in [9.17, 15) is 4.79 Å². The largest absolute Gasteiger partial charge is 0.478 e. The highest BCUT2D eigenvalue weighted by Crippen LogP contribution is 2.21. The summed E-state index contributed by atoms with van der Waals surface area (Å²) in [5, 5.41) is 11.9. The molecular weight excluding hydrogens is 192 g/mol. The number of hydrogen-bond donors (Lipinski definition) is 2. The van der Waals surface area contributed by atoms with E-state index in [-0.39, 0.29) is 10.7 Å². The van der Waals surface area contributed by atoms with E-state index >= 15 is 0 Å². The zero-order chi connectivity index (χ0) is 10.0. The Morgan fingerprint density at radius 3 is 2.77 bits per heavy atom. The van der Waals surface area contributed by atoms with E-state index in [2.05, 4.69) is 10.3 Å². The molecule has 70 valence electrons. The van der Waals surface area contributed by atoms with Gasteiger partial charge in [-0.1, -0.05) is 11.6 Å². The molecule has 4 nitrogen and oxygen atoms in total. The molecule has 1 heterocycles. The quantitative estimate of drug-likeness (QED) is 0.715. The van der Waals surface area contributed by atoms with Crippen molar-refractivity contribution in [2.24, 2.45) is 0 Å². The smallest absolute Gasteiger partial charge is 0.339 e. The van der Waals surface area contributed by atoms with Gasteiger partial charge < -0.3 is 10.4 Å². The molecule has 0 unspecified atom stereocenters. The maximum atomic E-state index is 10.8. The van der Waals surface area contributed by atoms with E-state index in [0.717, 1.165) is 0 Å². The van der Waals surface area contributed by atoms with Gasteiger partial charge in [-0.3, -0.25) is 0 Å². The minimum absolute atomic E-state index is 0.159. The number of nitrogens with one attached hydrogen (secondary N) is 1. The normalized spacial score (nSPS) is 9.77. The van der Waals surface area contributed by atoms with Crippen LogP contribution in [0.1, 0.15) is 16.1 Å². The molecule has 0 saturated heterocycles. The van der Waals surface area contributed by atoms with Crippen molar-refractivity contribution in [3.05, 3.63) is 22.5 Å². The van der Waals surface area contributed by atoms with Gasteiger partial charge in [-0.05, 0) is 13.0 Å². The average Bonchev–Trinajstić information content (AvgIpc) is 2.01. The van der Waals surface area contributed by atoms with Gasteiger partial charge in [0.05, 0.1) is 11.4 Å². The standard InChI is InChI=1S/C8H9ClN2O2/c1-4-7(8(12)13)5(10-2)3-6(9)11-4/h3H,1-2H3,(H,10,11)(H,12,13). The van der Waals surface area contributed by atoms with Crippen molar-refractivity contribution in [2.45, 2.75) is 6.92 Å². The molecular formula is C8H9ClN2O2. The summed E-state index contributed by atoms with van der Waals surface area (Å²) in [4.78, 5) is 14.6. The Morgan fingerprint density at radius 1 is 1.69 bits per heavy atom. The van der Waals surface area contributed by atoms with Crippen LogP contribution in [0.4, 0.5) is 5.69 Å². The number of rotatable bonds is 2. The third kappa shape index (κ3) is 1.89. The minimum Gasteiger partial charge on any atom is -0.478 e. The fraction of sp³-hybridized carbons (Fsp3) is 0.250. The number of hydrogen-bond acceptors (Lipinski definition) is 3. The van der Waals surface area contributed by atoms with Gasteiger partial charge >= 0.3 is 5.97 Å². The zero-order valence-electron chi connectivity index (χ0n) is 7.26. The van der Waals surface area contributed by atoms with Gasteiger partial charge in [-0.25, -0.2) is 9.78 Å². The summed E-state index contributed by atoms with van der Waals surface area (Å²) in [6.07, 6.45) is 0. The van der Waals surface area contributed by atoms with Crippen LogP contribution < -0.4 is 5.32 Å². The minimum atomic E-state index is -1.01. The molecule has 0 aliphatic rings. The summed E-state index contributed by atoms with van der Waals surface area (Å²) in [6.45, 7) is 1.61. The molecule has 0 spiro atoms. The van der Waals surface area contributed by atoms with Crippen LogP contribution in [-0.2, 0) is 0 Å². The summed E-state index contributed by atoms with van der Waals surface area (Å²) in [5.41, 5.74) is 1.04.